The van der Waals surface area contributed by atoms with Crippen LogP contribution in [0.2, 0.25) is 0 Å². The monoisotopic (exact) mass is 596 g/mol. The second-order valence-electron chi connectivity index (χ2n) is 9.85. The lowest BCUT2D eigenvalue weighted by Gasteiger charge is -2.41. The van der Waals surface area contributed by atoms with Crippen LogP contribution in [0, 0.1) is 0 Å². The van der Waals surface area contributed by atoms with Crippen molar-refractivity contribution in [3.8, 4) is 40.1 Å². The number of aliphatic hydroxyl groups excluding tert-OH is 6. The van der Waals surface area contributed by atoms with Gasteiger partial charge in [0, 0.05) is 17.7 Å². The molecule has 5 rings (SSSR count). The highest BCUT2D eigenvalue weighted by molar-refractivity contribution is 5.88. The van der Waals surface area contributed by atoms with Gasteiger partial charge in [-0.3, -0.25) is 4.79 Å². The van der Waals surface area contributed by atoms with E-state index in [1.807, 2.05) is 0 Å². The summed E-state index contributed by atoms with van der Waals surface area (Å²) in [4.78, 5) is 13.5. The van der Waals surface area contributed by atoms with Crippen LogP contribution in [0.1, 0.15) is 0 Å². The van der Waals surface area contributed by atoms with Gasteiger partial charge in [0.25, 0.3) is 0 Å². The molecule has 0 aliphatic carbocycles. The molecular weight excluding hydrogens is 568 g/mol. The van der Waals surface area contributed by atoms with Gasteiger partial charge in [-0.15, -0.1) is 0 Å². The molecule has 2 saturated heterocycles. The summed E-state index contributed by atoms with van der Waals surface area (Å²) in [5.74, 6) is -3.33. The summed E-state index contributed by atoms with van der Waals surface area (Å²) in [7, 11) is 0. The molecule has 10 N–H and O–H groups in total. The van der Waals surface area contributed by atoms with E-state index in [-0.39, 0.29) is 17.8 Å². The van der Waals surface area contributed by atoms with Gasteiger partial charge in [-0.25, -0.2) is 0 Å². The number of hydrogen-bond acceptors (Lipinski definition) is 16. The SMILES string of the molecule is O=c1c(O[C@@H]2OC(CO[C@@H]3OC[C@H](O)C(O)C3O)[C@@H](O)C(O)C2O)c(-c2ccc(O)c(O)c2)oc2cc(O)cc(O)c12. The van der Waals surface area contributed by atoms with E-state index in [4.69, 9.17) is 23.4 Å². The summed E-state index contributed by atoms with van der Waals surface area (Å²) in [5.41, 5.74) is -1.35. The van der Waals surface area contributed by atoms with Crippen LogP contribution in [0.3, 0.4) is 0 Å². The quantitative estimate of drug-likeness (QED) is 0.137. The zero-order valence-corrected chi connectivity index (χ0v) is 21.4. The normalized spacial score (nSPS) is 31.7. The van der Waals surface area contributed by atoms with Crippen molar-refractivity contribution in [2.75, 3.05) is 13.2 Å². The topological polar surface area (TPSA) is 269 Å². The molecule has 2 aromatic carbocycles. The van der Waals surface area contributed by atoms with Crippen molar-refractivity contribution in [2.45, 2.75) is 55.3 Å². The Morgan fingerprint density at radius 1 is 0.786 bits per heavy atom. The summed E-state index contributed by atoms with van der Waals surface area (Å²) in [6.45, 7) is -0.970. The standard InChI is InChI=1S/C26H28O16/c27-9-4-12(30)16-14(5-9)40-23(8-1-2-10(28)11(29)3-8)24(19(16)34)42-26-22(37)20(35)18(33)15(41-26)7-39-25-21(36)17(32)13(31)6-38-25/h1-5,13,15,17-18,20-22,25-33,35-37H,6-7H2/t13-,15?,17?,18+,20?,21?,22?,25-,26-/m0/s1. The van der Waals surface area contributed by atoms with Gasteiger partial charge >= 0.3 is 0 Å². The molecule has 5 unspecified atom stereocenters. The smallest absolute Gasteiger partial charge is 0.239 e. The van der Waals surface area contributed by atoms with Crippen LogP contribution in [0.5, 0.6) is 28.7 Å². The largest absolute Gasteiger partial charge is 0.508 e. The minimum Gasteiger partial charge on any atom is -0.508 e. The highest BCUT2D eigenvalue weighted by Gasteiger charge is 2.47. The Morgan fingerprint density at radius 2 is 1.50 bits per heavy atom. The molecule has 2 aliphatic heterocycles. The van der Waals surface area contributed by atoms with E-state index in [2.05, 4.69) is 0 Å². The summed E-state index contributed by atoms with van der Waals surface area (Å²) in [5, 5.41) is 101. The van der Waals surface area contributed by atoms with Crippen LogP contribution >= 0.6 is 0 Å². The zero-order valence-electron chi connectivity index (χ0n) is 21.4. The first-order valence-corrected chi connectivity index (χ1v) is 12.6. The molecule has 1 aromatic heterocycles. The lowest BCUT2D eigenvalue weighted by molar-refractivity contribution is -0.307. The molecule has 0 bridgehead atoms. The zero-order chi connectivity index (χ0) is 30.5. The minimum atomic E-state index is -1.96. The third kappa shape index (κ3) is 5.42. The van der Waals surface area contributed by atoms with Crippen molar-refractivity contribution in [1.82, 2.24) is 0 Å². The number of fused-ring (bicyclic) bond motifs is 1. The number of hydrogen-bond donors (Lipinski definition) is 10. The minimum absolute atomic E-state index is 0.0305. The van der Waals surface area contributed by atoms with E-state index in [0.29, 0.717) is 0 Å². The highest BCUT2D eigenvalue weighted by Crippen LogP contribution is 2.39. The van der Waals surface area contributed by atoms with E-state index in [1.54, 1.807) is 0 Å². The van der Waals surface area contributed by atoms with E-state index < -0.39 is 107 Å². The molecular formula is C26H28O16. The fourth-order valence-corrected chi connectivity index (χ4v) is 4.61. The summed E-state index contributed by atoms with van der Waals surface area (Å²) < 4.78 is 27.5. The predicted molar refractivity (Wildman–Crippen MR) is 136 cm³/mol. The van der Waals surface area contributed by atoms with Gasteiger partial charge in [-0.2, -0.15) is 0 Å². The molecule has 16 heteroatoms. The van der Waals surface area contributed by atoms with E-state index in [1.165, 1.54) is 6.07 Å². The van der Waals surface area contributed by atoms with E-state index in [9.17, 15) is 55.9 Å². The lowest BCUT2D eigenvalue weighted by atomic mass is 9.99. The van der Waals surface area contributed by atoms with Gasteiger partial charge in [0.2, 0.25) is 17.5 Å². The van der Waals surface area contributed by atoms with Crippen LogP contribution in [-0.4, -0.2) is 120 Å². The van der Waals surface area contributed by atoms with E-state index >= 15 is 0 Å². The van der Waals surface area contributed by atoms with Crippen molar-refractivity contribution in [3.63, 3.8) is 0 Å². The number of aliphatic hydroxyl groups is 6. The Morgan fingerprint density at radius 3 is 2.21 bits per heavy atom. The van der Waals surface area contributed by atoms with Crippen LogP contribution in [0.25, 0.3) is 22.3 Å². The maximum Gasteiger partial charge on any atom is 0.239 e. The van der Waals surface area contributed by atoms with Crippen LogP contribution in [0.4, 0.5) is 0 Å². The first-order valence-electron chi connectivity index (χ1n) is 12.6. The molecule has 0 saturated carbocycles. The second-order valence-corrected chi connectivity index (χ2v) is 9.85. The van der Waals surface area contributed by atoms with Crippen LogP contribution < -0.4 is 10.2 Å². The molecule has 9 atom stereocenters. The Labute approximate surface area is 235 Å². The van der Waals surface area contributed by atoms with Gasteiger partial charge < -0.3 is 74.4 Å². The number of rotatable bonds is 6. The molecule has 0 radical (unpaired) electrons. The van der Waals surface area contributed by atoms with Gasteiger partial charge in [0.05, 0.1) is 13.2 Å². The molecule has 3 heterocycles. The van der Waals surface area contributed by atoms with Crippen molar-refractivity contribution in [3.05, 3.63) is 40.6 Å². The third-order valence-corrected chi connectivity index (χ3v) is 6.94. The van der Waals surface area contributed by atoms with Crippen LogP contribution in [0.15, 0.2) is 39.5 Å². The number of phenolic OH excluding ortho intramolecular Hbond substituents is 4. The van der Waals surface area contributed by atoms with Gasteiger partial charge in [0.1, 0.15) is 65.2 Å². The first-order chi connectivity index (χ1) is 19.9. The van der Waals surface area contributed by atoms with Gasteiger partial charge in [0.15, 0.2) is 23.5 Å². The Balaban J connectivity index is 1.48. The molecule has 3 aromatic rings. The van der Waals surface area contributed by atoms with Crippen molar-refractivity contribution in [1.29, 1.82) is 0 Å². The maximum atomic E-state index is 13.5. The fourth-order valence-electron chi connectivity index (χ4n) is 4.61. The predicted octanol–water partition coefficient (Wildman–Crippen LogP) is -2.08. The average molecular weight is 596 g/mol. The van der Waals surface area contributed by atoms with Crippen LogP contribution in [-0.2, 0) is 14.2 Å². The molecule has 228 valence electrons. The molecule has 16 nitrogen and oxygen atoms in total. The van der Waals surface area contributed by atoms with E-state index in [0.717, 1.165) is 24.3 Å². The lowest BCUT2D eigenvalue weighted by Crippen LogP contribution is -2.61. The van der Waals surface area contributed by atoms with Crippen molar-refractivity contribution < 1.29 is 74.4 Å². The fraction of sp³-hybridized carbons (Fsp3) is 0.423. The second kappa shape index (κ2) is 11.5. The highest BCUT2D eigenvalue weighted by atomic mass is 16.7. The Bertz CT molecular complexity index is 1510. The van der Waals surface area contributed by atoms with Crippen molar-refractivity contribution in [2.24, 2.45) is 0 Å². The molecule has 0 spiro atoms. The summed E-state index contributed by atoms with van der Waals surface area (Å²) >= 11 is 0. The molecule has 42 heavy (non-hydrogen) atoms. The molecule has 0 amide bonds. The summed E-state index contributed by atoms with van der Waals surface area (Å²) in [6, 6.07) is 5.23. The first kappa shape index (κ1) is 29.8. The Kier molecular flexibility index (Phi) is 8.17. The van der Waals surface area contributed by atoms with Crippen molar-refractivity contribution >= 4 is 11.0 Å². The average Bonchev–Trinajstić information content (AvgIpc) is 2.94. The molecule has 2 aliphatic rings. The van der Waals surface area contributed by atoms with Gasteiger partial charge in [-0.1, -0.05) is 0 Å². The number of ether oxygens (including phenoxy) is 4. The molecule has 2 fully saturated rings. The third-order valence-electron chi connectivity index (χ3n) is 6.94. The summed E-state index contributed by atoms with van der Waals surface area (Å²) in [6.07, 6.45) is -15.1. The number of phenols is 4. The van der Waals surface area contributed by atoms with Gasteiger partial charge in [-0.05, 0) is 18.2 Å². The maximum absolute atomic E-state index is 13.5. The Hall–Kier alpha value is -3.71. The number of benzene rings is 2. The number of aromatic hydroxyl groups is 4.